The molecular formula is C39H52N6O6S2. The first-order valence-electron chi connectivity index (χ1n) is 19.1. The van der Waals surface area contributed by atoms with Crippen LogP contribution in [0.4, 0.5) is 0 Å². The van der Waals surface area contributed by atoms with Crippen molar-refractivity contribution in [1.29, 1.82) is 0 Å². The van der Waals surface area contributed by atoms with Crippen LogP contribution < -0.4 is 14.8 Å². The summed E-state index contributed by atoms with van der Waals surface area (Å²) in [4.78, 5) is 53.7. The number of carbonyl (C=O) groups excluding carboxylic acids is 3. The van der Waals surface area contributed by atoms with Crippen molar-refractivity contribution in [3.63, 3.8) is 0 Å². The summed E-state index contributed by atoms with van der Waals surface area (Å²) < 4.78 is 36.3. The second-order valence-corrected chi connectivity index (χ2v) is 19.4. The smallest absolute Gasteiger partial charge is 0.297 e. The number of hydrogen-bond donors (Lipinski definition) is 2. The molecular weight excluding hydrogens is 713 g/mol. The molecule has 4 aliphatic rings. The van der Waals surface area contributed by atoms with E-state index in [1.54, 1.807) is 23.2 Å². The maximum Gasteiger partial charge on any atom is 0.297 e. The number of carbonyl (C=O) groups is 3. The Morgan fingerprint density at radius 1 is 1.11 bits per heavy atom. The van der Waals surface area contributed by atoms with Crippen LogP contribution in [0.5, 0.6) is 6.01 Å². The number of imidazole rings is 1. The summed E-state index contributed by atoms with van der Waals surface area (Å²) in [6.07, 6.45) is 9.10. The molecule has 0 bridgehead atoms. The van der Waals surface area contributed by atoms with Crippen molar-refractivity contribution < 1.29 is 27.5 Å². The van der Waals surface area contributed by atoms with E-state index in [-0.39, 0.29) is 43.2 Å². The summed E-state index contributed by atoms with van der Waals surface area (Å²) in [7, 11) is -3.93. The summed E-state index contributed by atoms with van der Waals surface area (Å²) in [6.45, 7) is 12.1. The number of ether oxygens (including phenoxy) is 1. The lowest BCUT2D eigenvalue weighted by atomic mass is 10.0. The van der Waals surface area contributed by atoms with Gasteiger partial charge in [0.05, 0.1) is 22.5 Å². The first-order valence-corrected chi connectivity index (χ1v) is 21.5. The maximum absolute atomic E-state index is 14.3. The third-order valence-electron chi connectivity index (χ3n) is 11.6. The van der Waals surface area contributed by atoms with Crippen LogP contribution in [-0.2, 0) is 24.4 Å². The third-order valence-corrected chi connectivity index (χ3v) is 14.6. The molecule has 2 saturated carbocycles. The van der Waals surface area contributed by atoms with Gasteiger partial charge in [-0.1, -0.05) is 51.8 Å². The van der Waals surface area contributed by atoms with E-state index in [4.69, 9.17) is 14.7 Å². The first-order chi connectivity index (χ1) is 25.1. The van der Waals surface area contributed by atoms with Gasteiger partial charge in [-0.25, -0.2) is 13.4 Å². The van der Waals surface area contributed by atoms with Gasteiger partial charge in [0.1, 0.15) is 28.2 Å². The standard InChI is InChI=1S/C39H52N6O6S2/c1-23(2)29-22-52-34(40-29)28-15-12-16-30-32(28)41-37(45(30)24(3)4)51-27-19-31-33(46)42-39(36(48)43-53(49,50)38(6)17-18-38)20-26(39)14-11-9-7-8-10-13-25(5)35(47)44(31)21-27/h11-12,14-16,22-27,31H,7-10,13,17-21H2,1-6H3,(H,42,46)(H,43,48)/b14-11-/t25-,26+,27+,31-,39+/m0/s1. The molecule has 286 valence electrons. The molecule has 5 atom stereocenters. The monoisotopic (exact) mass is 764 g/mol. The zero-order valence-corrected chi connectivity index (χ0v) is 33.2. The van der Waals surface area contributed by atoms with E-state index in [1.807, 2.05) is 41.8 Å². The molecule has 2 aromatic heterocycles. The normalized spacial score (nSPS) is 28.2. The number of allylic oxidation sites excluding steroid dienone is 1. The molecule has 0 radical (unpaired) electrons. The van der Waals surface area contributed by atoms with E-state index < -0.39 is 44.3 Å². The van der Waals surface area contributed by atoms with Crippen LogP contribution in [0.2, 0.25) is 0 Å². The van der Waals surface area contributed by atoms with Gasteiger partial charge in [0, 0.05) is 35.2 Å². The van der Waals surface area contributed by atoms with E-state index in [1.165, 1.54) is 0 Å². The van der Waals surface area contributed by atoms with Crippen LogP contribution in [0.25, 0.3) is 21.6 Å². The van der Waals surface area contributed by atoms with Crippen LogP contribution in [0, 0.1) is 11.8 Å². The van der Waals surface area contributed by atoms with Gasteiger partial charge in [0.2, 0.25) is 21.8 Å². The number of thiazole rings is 1. The highest BCUT2D eigenvalue weighted by Gasteiger charge is 2.63. The highest BCUT2D eigenvalue weighted by Crippen LogP contribution is 2.47. The van der Waals surface area contributed by atoms with Gasteiger partial charge in [-0.2, -0.15) is 4.98 Å². The Morgan fingerprint density at radius 2 is 1.89 bits per heavy atom. The second-order valence-electron chi connectivity index (χ2n) is 16.4. The number of hydrogen-bond acceptors (Lipinski definition) is 9. The number of benzene rings is 1. The average Bonchev–Trinajstić information content (AvgIpc) is 3.77. The van der Waals surface area contributed by atoms with Gasteiger partial charge in [0.15, 0.2) is 0 Å². The van der Waals surface area contributed by atoms with Crippen molar-refractivity contribution >= 4 is 50.1 Å². The van der Waals surface area contributed by atoms with Crippen molar-refractivity contribution in [2.75, 3.05) is 6.54 Å². The summed E-state index contributed by atoms with van der Waals surface area (Å²) in [6, 6.07) is 5.52. The average molecular weight is 765 g/mol. The van der Waals surface area contributed by atoms with Gasteiger partial charge >= 0.3 is 0 Å². The van der Waals surface area contributed by atoms with E-state index in [0.717, 1.165) is 53.0 Å². The molecule has 7 rings (SSSR count). The van der Waals surface area contributed by atoms with Gasteiger partial charge in [0.25, 0.3) is 11.9 Å². The highest BCUT2D eigenvalue weighted by molar-refractivity contribution is 7.91. The molecule has 12 nitrogen and oxygen atoms in total. The molecule has 2 N–H and O–H groups in total. The van der Waals surface area contributed by atoms with Gasteiger partial charge in [-0.05, 0) is 77.3 Å². The third kappa shape index (κ3) is 7.13. The van der Waals surface area contributed by atoms with Crippen molar-refractivity contribution in [3.05, 3.63) is 41.4 Å². The number of para-hydroxylation sites is 1. The molecule has 53 heavy (non-hydrogen) atoms. The van der Waals surface area contributed by atoms with Crippen LogP contribution in [0.1, 0.15) is 117 Å². The van der Waals surface area contributed by atoms with E-state index >= 15 is 0 Å². The molecule has 14 heteroatoms. The molecule has 3 fully saturated rings. The lowest BCUT2D eigenvalue weighted by Crippen LogP contribution is -2.57. The van der Waals surface area contributed by atoms with Crippen LogP contribution in [-0.4, -0.2) is 74.6 Å². The predicted molar refractivity (Wildman–Crippen MR) is 205 cm³/mol. The van der Waals surface area contributed by atoms with Crippen molar-refractivity contribution in [2.45, 2.75) is 134 Å². The van der Waals surface area contributed by atoms with Crippen molar-refractivity contribution in [2.24, 2.45) is 11.8 Å². The molecule has 0 spiro atoms. The summed E-state index contributed by atoms with van der Waals surface area (Å²) in [5.41, 5.74) is 2.20. The van der Waals surface area contributed by atoms with Crippen LogP contribution in [0.3, 0.4) is 0 Å². The molecule has 1 aromatic carbocycles. The van der Waals surface area contributed by atoms with Gasteiger partial charge < -0.3 is 15.0 Å². The topological polar surface area (TPSA) is 153 Å². The summed E-state index contributed by atoms with van der Waals surface area (Å²) in [5.74, 6) is -1.71. The van der Waals surface area contributed by atoms with Gasteiger partial charge in [-0.3, -0.25) is 23.7 Å². The first kappa shape index (κ1) is 37.5. The predicted octanol–water partition coefficient (Wildman–Crippen LogP) is 6.24. The minimum Gasteiger partial charge on any atom is -0.459 e. The molecule has 1 saturated heterocycles. The summed E-state index contributed by atoms with van der Waals surface area (Å²) >= 11 is 1.59. The van der Waals surface area contributed by atoms with Crippen molar-refractivity contribution in [1.82, 2.24) is 29.5 Å². The number of aromatic nitrogens is 3. The van der Waals surface area contributed by atoms with Gasteiger partial charge in [-0.15, -0.1) is 11.3 Å². The Labute approximate surface area is 316 Å². The van der Waals surface area contributed by atoms with E-state index in [9.17, 15) is 22.8 Å². The Kier molecular flexibility index (Phi) is 10.0. The summed E-state index contributed by atoms with van der Waals surface area (Å²) in [5, 5.41) is 5.93. The van der Waals surface area contributed by atoms with E-state index in [0.29, 0.717) is 31.2 Å². The largest absolute Gasteiger partial charge is 0.459 e. The Bertz CT molecular complexity index is 2050. The Hall–Kier alpha value is -3.78. The number of rotatable bonds is 8. The minimum atomic E-state index is -3.93. The number of fused-ring (bicyclic) bond motifs is 3. The molecule has 3 amide bonds. The van der Waals surface area contributed by atoms with E-state index in [2.05, 4.69) is 43.1 Å². The number of nitrogens with one attached hydrogen (secondary N) is 2. The fourth-order valence-electron chi connectivity index (χ4n) is 7.67. The zero-order valence-electron chi connectivity index (χ0n) is 31.6. The van der Waals surface area contributed by atoms with Crippen LogP contribution in [0.15, 0.2) is 35.7 Å². The molecule has 4 heterocycles. The zero-order chi connectivity index (χ0) is 37.9. The lowest BCUT2D eigenvalue weighted by Gasteiger charge is -2.28. The second kappa shape index (κ2) is 14.1. The Morgan fingerprint density at radius 3 is 2.58 bits per heavy atom. The molecule has 2 aliphatic carbocycles. The fraction of sp³-hybridized carbons (Fsp3) is 0.615. The minimum absolute atomic E-state index is 0.00279. The number of sulfonamides is 1. The number of nitrogens with zero attached hydrogens (tertiary/aromatic N) is 4. The Balaban J connectivity index is 1.19. The number of amides is 3. The SMILES string of the molecule is CC(C)c1csc(-c2cccc3c2nc(O[C@@H]2C[C@H]4C(=O)N[C@]5(C(=O)NS(=O)(=O)C6(C)CC6)C[C@H]5/C=C\CCCCC[C@H](C)C(=O)N4C2)n3C(C)C)n1. The fourth-order valence-corrected chi connectivity index (χ4v) is 9.99. The van der Waals surface area contributed by atoms with Crippen molar-refractivity contribution in [3.8, 4) is 16.6 Å². The molecule has 0 unspecified atom stereocenters. The molecule has 2 aliphatic heterocycles. The lowest BCUT2D eigenvalue weighted by molar-refractivity contribution is -0.142. The highest BCUT2D eigenvalue weighted by atomic mass is 32.2. The quantitative estimate of drug-likeness (QED) is 0.256. The maximum atomic E-state index is 14.3. The van der Waals surface area contributed by atoms with Crippen LogP contribution >= 0.6 is 11.3 Å². The molecule has 3 aromatic rings.